The van der Waals surface area contributed by atoms with Crippen molar-refractivity contribution in [1.82, 2.24) is 9.38 Å². The minimum atomic E-state index is -0.651. The van der Waals surface area contributed by atoms with Crippen LogP contribution >= 0.6 is 0 Å². The molecular formula is C20H14N2O5. The van der Waals surface area contributed by atoms with Crippen LogP contribution in [0.1, 0.15) is 0 Å². The molecule has 0 aliphatic carbocycles. The maximum absolute atomic E-state index is 13.1. The summed E-state index contributed by atoms with van der Waals surface area (Å²) in [7, 11) is 0. The lowest BCUT2D eigenvalue weighted by atomic mass is 9.99. The Bertz CT molecular complexity index is 1210. The van der Waals surface area contributed by atoms with E-state index in [0.29, 0.717) is 11.2 Å². The molecule has 0 saturated heterocycles. The van der Waals surface area contributed by atoms with E-state index in [1.54, 1.807) is 36.5 Å². The van der Waals surface area contributed by atoms with Crippen molar-refractivity contribution in [1.29, 1.82) is 0 Å². The highest BCUT2D eigenvalue weighted by Crippen LogP contribution is 2.40. The quantitative estimate of drug-likeness (QED) is 0.408. The van der Waals surface area contributed by atoms with Crippen LogP contribution in [0.5, 0.6) is 23.0 Å². The van der Waals surface area contributed by atoms with Crippen LogP contribution in [-0.2, 0) is 0 Å². The molecule has 4 rings (SSSR count). The van der Waals surface area contributed by atoms with Gasteiger partial charge in [0, 0.05) is 11.8 Å². The minimum absolute atomic E-state index is 0.0501. The molecule has 0 aliphatic rings. The van der Waals surface area contributed by atoms with E-state index < -0.39 is 17.2 Å². The fourth-order valence-corrected chi connectivity index (χ4v) is 2.93. The molecule has 27 heavy (non-hydrogen) atoms. The summed E-state index contributed by atoms with van der Waals surface area (Å²) in [5.41, 5.74) is 1.24. The summed E-state index contributed by atoms with van der Waals surface area (Å²) in [6.07, 6.45) is 1.59. The molecule has 134 valence electrons. The summed E-state index contributed by atoms with van der Waals surface area (Å²) >= 11 is 0. The molecule has 2 heterocycles. The molecule has 0 atom stereocenters. The lowest BCUT2D eigenvalue weighted by molar-refractivity contribution is 0.368. The summed E-state index contributed by atoms with van der Waals surface area (Å²) < 4.78 is 1.38. The number of hydrogen-bond donors (Lipinski definition) is 4. The molecule has 7 heteroatoms. The van der Waals surface area contributed by atoms with E-state index in [1.807, 2.05) is 0 Å². The van der Waals surface area contributed by atoms with Crippen LogP contribution in [0.3, 0.4) is 0 Å². The first-order valence-electron chi connectivity index (χ1n) is 8.02. The van der Waals surface area contributed by atoms with E-state index in [4.69, 9.17) is 0 Å². The van der Waals surface area contributed by atoms with Gasteiger partial charge in [0.2, 0.25) is 0 Å². The van der Waals surface area contributed by atoms with Crippen molar-refractivity contribution in [2.24, 2.45) is 0 Å². The second-order valence-electron chi connectivity index (χ2n) is 5.98. The van der Waals surface area contributed by atoms with Crippen molar-refractivity contribution < 1.29 is 20.4 Å². The van der Waals surface area contributed by atoms with Crippen LogP contribution in [0.2, 0.25) is 0 Å². The second kappa shape index (κ2) is 6.06. The van der Waals surface area contributed by atoms with E-state index >= 15 is 0 Å². The van der Waals surface area contributed by atoms with Gasteiger partial charge in [-0.05, 0) is 42.0 Å². The number of rotatable bonds is 2. The van der Waals surface area contributed by atoms with Gasteiger partial charge in [0.15, 0.2) is 17.2 Å². The van der Waals surface area contributed by atoms with Crippen LogP contribution in [0.4, 0.5) is 0 Å². The van der Waals surface area contributed by atoms with Gasteiger partial charge in [0.25, 0.3) is 5.56 Å². The molecule has 0 unspecified atom stereocenters. The molecule has 4 N–H and O–H groups in total. The van der Waals surface area contributed by atoms with Crippen molar-refractivity contribution in [2.45, 2.75) is 0 Å². The van der Waals surface area contributed by atoms with Gasteiger partial charge in [-0.25, -0.2) is 4.98 Å². The lowest BCUT2D eigenvalue weighted by Gasteiger charge is -2.12. The summed E-state index contributed by atoms with van der Waals surface area (Å²) in [5.74, 6) is -1.66. The Labute approximate surface area is 152 Å². The standard InChI is InChI=1S/C20H14N2O5/c23-13-6-4-11(5-7-13)17-18(12-9-14(24)19(26)15(25)10-12)21-16-3-1-2-8-22(16)20(17)27/h1-10,23-26H. The Hall–Kier alpha value is -4.00. The molecule has 4 aromatic rings. The Morgan fingerprint density at radius 1 is 0.815 bits per heavy atom. The second-order valence-corrected chi connectivity index (χ2v) is 5.98. The number of hydrogen-bond acceptors (Lipinski definition) is 6. The zero-order chi connectivity index (χ0) is 19.1. The van der Waals surface area contributed by atoms with Gasteiger partial charge in [0.05, 0.1) is 11.3 Å². The topological polar surface area (TPSA) is 115 Å². The normalized spacial score (nSPS) is 11.0. The molecule has 0 amide bonds. The number of aromatic hydroxyl groups is 4. The first-order valence-corrected chi connectivity index (χ1v) is 8.02. The number of aromatic nitrogens is 2. The van der Waals surface area contributed by atoms with Gasteiger partial charge >= 0.3 is 0 Å². The first-order chi connectivity index (χ1) is 13.0. The minimum Gasteiger partial charge on any atom is -0.508 e. The van der Waals surface area contributed by atoms with Crippen molar-refractivity contribution in [3.05, 3.63) is 71.1 Å². The van der Waals surface area contributed by atoms with Crippen LogP contribution < -0.4 is 5.56 Å². The van der Waals surface area contributed by atoms with Gasteiger partial charge in [-0.15, -0.1) is 0 Å². The van der Waals surface area contributed by atoms with Crippen LogP contribution in [0.15, 0.2) is 65.6 Å². The summed E-state index contributed by atoms with van der Waals surface area (Å²) in [6.45, 7) is 0. The van der Waals surface area contributed by atoms with Crippen molar-refractivity contribution in [3.8, 4) is 45.4 Å². The number of pyridine rings is 1. The SMILES string of the molecule is O=c1c(-c2ccc(O)cc2)c(-c2cc(O)c(O)c(O)c2)nc2ccccn12. The lowest BCUT2D eigenvalue weighted by Crippen LogP contribution is -2.18. The van der Waals surface area contributed by atoms with Crippen molar-refractivity contribution in [3.63, 3.8) is 0 Å². The highest BCUT2D eigenvalue weighted by molar-refractivity contribution is 5.83. The molecule has 0 radical (unpaired) electrons. The van der Waals surface area contributed by atoms with Gasteiger partial charge < -0.3 is 20.4 Å². The van der Waals surface area contributed by atoms with Gasteiger partial charge in [-0.2, -0.15) is 0 Å². The van der Waals surface area contributed by atoms with E-state index in [0.717, 1.165) is 0 Å². The average molecular weight is 362 g/mol. The molecule has 2 aromatic carbocycles. The first kappa shape index (κ1) is 16.5. The molecular weight excluding hydrogens is 348 g/mol. The summed E-state index contributed by atoms with van der Waals surface area (Å²) in [4.78, 5) is 17.6. The Kier molecular flexibility index (Phi) is 3.70. The fraction of sp³-hybridized carbons (Fsp3) is 0. The van der Waals surface area contributed by atoms with Crippen molar-refractivity contribution in [2.75, 3.05) is 0 Å². The largest absolute Gasteiger partial charge is 0.508 e. The summed E-state index contributed by atoms with van der Waals surface area (Å²) in [6, 6.07) is 13.6. The monoisotopic (exact) mass is 362 g/mol. The predicted molar refractivity (Wildman–Crippen MR) is 99.0 cm³/mol. The zero-order valence-electron chi connectivity index (χ0n) is 13.9. The van der Waals surface area contributed by atoms with Crippen LogP contribution in [0, 0.1) is 0 Å². The number of phenols is 4. The van der Waals surface area contributed by atoms with Crippen molar-refractivity contribution >= 4 is 5.65 Å². The van der Waals surface area contributed by atoms with E-state index in [1.165, 1.54) is 28.7 Å². The third-order valence-corrected chi connectivity index (χ3v) is 4.23. The molecule has 0 aliphatic heterocycles. The molecule has 0 spiro atoms. The third-order valence-electron chi connectivity index (χ3n) is 4.23. The van der Waals surface area contributed by atoms with Gasteiger partial charge in [-0.3, -0.25) is 9.20 Å². The molecule has 0 saturated carbocycles. The highest BCUT2D eigenvalue weighted by Gasteiger charge is 2.19. The maximum Gasteiger partial charge on any atom is 0.266 e. The predicted octanol–water partition coefficient (Wildman–Crippen LogP) is 2.85. The van der Waals surface area contributed by atoms with E-state index in [2.05, 4.69) is 4.98 Å². The van der Waals surface area contributed by atoms with Gasteiger partial charge in [-0.1, -0.05) is 18.2 Å². The van der Waals surface area contributed by atoms with Gasteiger partial charge in [0.1, 0.15) is 11.4 Å². The van der Waals surface area contributed by atoms with E-state index in [-0.39, 0.29) is 28.1 Å². The number of phenolic OH excluding ortho intramolecular Hbond substituents is 4. The molecule has 0 fully saturated rings. The Balaban J connectivity index is 2.11. The third kappa shape index (κ3) is 2.71. The van der Waals surface area contributed by atoms with Crippen LogP contribution in [0.25, 0.3) is 28.0 Å². The zero-order valence-corrected chi connectivity index (χ0v) is 13.9. The van der Waals surface area contributed by atoms with E-state index in [9.17, 15) is 25.2 Å². The molecule has 2 aromatic heterocycles. The highest BCUT2D eigenvalue weighted by atomic mass is 16.3. The number of nitrogens with zero attached hydrogens (tertiary/aromatic N) is 2. The van der Waals surface area contributed by atoms with Crippen LogP contribution in [-0.4, -0.2) is 29.8 Å². The molecule has 0 bridgehead atoms. The smallest absolute Gasteiger partial charge is 0.266 e. The Morgan fingerprint density at radius 2 is 1.48 bits per heavy atom. The average Bonchev–Trinajstić information content (AvgIpc) is 2.66. The number of fused-ring (bicyclic) bond motifs is 1. The fourth-order valence-electron chi connectivity index (χ4n) is 2.93. The maximum atomic E-state index is 13.1. The molecule has 7 nitrogen and oxygen atoms in total. The Morgan fingerprint density at radius 3 is 2.15 bits per heavy atom. The summed E-state index contributed by atoms with van der Waals surface area (Å²) in [5, 5.41) is 38.9. The number of benzene rings is 2.